The van der Waals surface area contributed by atoms with Crippen molar-refractivity contribution in [3.8, 4) is 0 Å². The van der Waals surface area contributed by atoms with Crippen molar-refractivity contribution in [2.75, 3.05) is 11.9 Å². The molecule has 0 aliphatic carbocycles. The van der Waals surface area contributed by atoms with E-state index >= 15 is 0 Å². The molecule has 0 fully saturated rings. The monoisotopic (exact) mass is 337 g/mol. The number of hydrogen-bond acceptors (Lipinski definition) is 4. The van der Waals surface area contributed by atoms with Crippen LogP contribution in [0.4, 0.5) is 5.69 Å². The van der Waals surface area contributed by atoms with E-state index in [0.29, 0.717) is 5.69 Å². The van der Waals surface area contributed by atoms with Crippen LogP contribution in [0.15, 0.2) is 54.7 Å². The van der Waals surface area contributed by atoms with Gasteiger partial charge in [-0.25, -0.2) is 4.52 Å². The quantitative estimate of drug-likeness (QED) is 0.638. The Morgan fingerprint density at radius 2 is 1.92 bits per heavy atom. The van der Waals surface area contributed by atoms with Crippen molar-refractivity contribution in [1.29, 1.82) is 0 Å². The predicted octanol–water partition coefficient (Wildman–Crippen LogP) is 0.802. The van der Waals surface area contributed by atoms with Gasteiger partial charge in [-0.3, -0.25) is 14.4 Å². The second-order valence-corrected chi connectivity index (χ2v) is 5.28. The molecule has 0 radical (unpaired) electrons. The molecule has 126 valence electrons. The van der Waals surface area contributed by atoms with Crippen molar-refractivity contribution in [2.45, 2.75) is 0 Å². The molecule has 8 heteroatoms. The van der Waals surface area contributed by atoms with E-state index in [1.165, 1.54) is 6.07 Å². The Balaban J connectivity index is 1.59. The van der Waals surface area contributed by atoms with Gasteiger partial charge in [-0.15, -0.1) is 0 Å². The van der Waals surface area contributed by atoms with Crippen LogP contribution in [0.1, 0.15) is 20.8 Å². The van der Waals surface area contributed by atoms with Gasteiger partial charge >= 0.3 is 0 Å². The highest BCUT2D eigenvalue weighted by Gasteiger charge is 2.12. The van der Waals surface area contributed by atoms with Crippen molar-refractivity contribution >= 4 is 28.9 Å². The molecule has 4 N–H and O–H groups in total. The van der Waals surface area contributed by atoms with Crippen molar-refractivity contribution in [3.05, 3.63) is 66.0 Å². The Labute approximate surface area is 142 Å². The number of carbonyl (C=O) groups excluding carboxylic acids is 3. The Morgan fingerprint density at radius 1 is 1.08 bits per heavy atom. The summed E-state index contributed by atoms with van der Waals surface area (Å²) in [6.45, 7) is -0.229. The third kappa shape index (κ3) is 3.81. The minimum atomic E-state index is -0.587. The zero-order valence-electron chi connectivity index (χ0n) is 13.1. The lowest BCUT2D eigenvalue weighted by molar-refractivity contribution is -0.115. The molecule has 8 nitrogen and oxygen atoms in total. The molecular weight excluding hydrogens is 322 g/mol. The van der Waals surface area contributed by atoms with Crippen LogP contribution in [0.3, 0.4) is 0 Å². The van der Waals surface area contributed by atoms with Gasteiger partial charge in [-0.05, 0) is 36.4 Å². The normalized spacial score (nSPS) is 10.4. The molecule has 0 unspecified atom stereocenters. The molecule has 2 heterocycles. The molecule has 0 aliphatic rings. The summed E-state index contributed by atoms with van der Waals surface area (Å²) < 4.78 is 1.57. The molecule has 0 spiro atoms. The number of anilines is 1. The number of pyridine rings is 1. The topological polar surface area (TPSA) is 119 Å². The van der Waals surface area contributed by atoms with Crippen molar-refractivity contribution in [1.82, 2.24) is 14.9 Å². The van der Waals surface area contributed by atoms with E-state index in [0.717, 1.165) is 5.52 Å². The first kappa shape index (κ1) is 16.2. The zero-order valence-corrected chi connectivity index (χ0v) is 13.1. The lowest BCUT2D eigenvalue weighted by atomic mass is 10.2. The van der Waals surface area contributed by atoms with Crippen LogP contribution in [0.25, 0.3) is 5.52 Å². The number of aromatic nitrogens is 2. The van der Waals surface area contributed by atoms with Crippen LogP contribution in [0, 0.1) is 0 Å². The van der Waals surface area contributed by atoms with Crippen LogP contribution in [0.2, 0.25) is 0 Å². The van der Waals surface area contributed by atoms with E-state index in [9.17, 15) is 14.4 Å². The van der Waals surface area contributed by atoms with Gasteiger partial charge in [0.25, 0.3) is 5.91 Å². The summed E-state index contributed by atoms with van der Waals surface area (Å²) in [5, 5.41) is 9.21. The largest absolute Gasteiger partial charge is 0.366 e. The highest BCUT2D eigenvalue weighted by atomic mass is 16.2. The number of rotatable bonds is 5. The second kappa shape index (κ2) is 6.83. The number of nitrogens with two attached hydrogens (primary N) is 1. The van der Waals surface area contributed by atoms with Crippen LogP contribution in [0.5, 0.6) is 0 Å². The number of carbonyl (C=O) groups is 3. The SMILES string of the molecule is NC(=O)c1cccc(NC(=O)CNC(=O)c2cc3ccccn3n2)c1. The van der Waals surface area contributed by atoms with Crippen molar-refractivity contribution < 1.29 is 14.4 Å². The summed E-state index contributed by atoms with van der Waals surface area (Å²) in [4.78, 5) is 35.1. The lowest BCUT2D eigenvalue weighted by Gasteiger charge is -2.07. The fourth-order valence-electron chi connectivity index (χ4n) is 2.26. The minimum absolute atomic E-state index is 0.217. The van der Waals surface area contributed by atoms with Gasteiger partial charge in [0.05, 0.1) is 12.1 Å². The van der Waals surface area contributed by atoms with Gasteiger partial charge in [-0.2, -0.15) is 5.10 Å². The van der Waals surface area contributed by atoms with Gasteiger partial charge < -0.3 is 16.4 Å². The Hall–Kier alpha value is -3.68. The number of fused-ring (bicyclic) bond motifs is 1. The maximum absolute atomic E-state index is 12.1. The molecule has 0 aliphatic heterocycles. The summed E-state index contributed by atoms with van der Waals surface area (Å²) in [6.07, 6.45) is 1.73. The van der Waals surface area contributed by atoms with E-state index in [1.807, 2.05) is 12.1 Å². The molecule has 3 amide bonds. The summed E-state index contributed by atoms with van der Waals surface area (Å²) >= 11 is 0. The number of hydrogen-bond donors (Lipinski definition) is 3. The number of primary amides is 1. The molecule has 25 heavy (non-hydrogen) atoms. The molecule has 2 aromatic heterocycles. The summed E-state index contributed by atoms with van der Waals surface area (Å²) in [6, 6.07) is 13.3. The van der Waals surface area contributed by atoms with E-state index in [1.54, 1.807) is 41.0 Å². The number of benzene rings is 1. The molecule has 3 rings (SSSR count). The number of nitrogens with zero attached hydrogens (tertiary/aromatic N) is 2. The fourth-order valence-corrected chi connectivity index (χ4v) is 2.26. The first-order chi connectivity index (χ1) is 12.0. The second-order valence-electron chi connectivity index (χ2n) is 5.28. The maximum atomic E-state index is 12.1. The van der Waals surface area contributed by atoms with Crippen LogP contribution in [-0.4, -0.2) is 33.9 Å². The Kier molecular flexibility index (Phi) is 4.42. The fraction of sp³-hybridized carbons (Fsp3) is 0.0588. The lowest BCUT2D eigenvalue weighted by Crippen LogP contribution is -2.33. The standard InChI is InChI=1S/C17H15N5O3/c18-16(24)11-4-3-5-12(8-11)20-15(23)10-19-17(25)14-9-13-6-1-2-7-22(13)21-14/h1-9H,10H2,(H2,18,24)(H,19,25)(H,20,23). The Morgan fingerprint density at radius 3 is 2.68 bits per heavy atom. The van der Waals surface area contributed by atoms with E-state index < -0.39 is 17.7 Å². The third-order valence-electron chi connectivity index (χ3n) is 3.44. The van der Waals surface area contributed by atoms with Crippen molar-refractivity contribution in [3.63, 3.8) is 0 Å². The zero-order chi connectivity index (χ0) is 17.8. The molecule has 1 aromatic carbocycles. The number of nitrogens with one attached hydrogen (secondary N) is 2. The summed E-state index contributed by atoms with van der Waals surface area (Å²) in [5.74, 6) is -1.47. The van der Waals surface area contributed by atoms with Gasteiger partial charge in [0.1, 0.15) is 0 Å². The molecule has 0 saturated heterocycles. The smallest absolute Gasteiger partial charge is 0.272 e. The first-order valence-electron chi connectivity index (χ1n) is 7.45. The first-order valence-corrected chi connectivity index (χ1v) is 7.45. The van der Waals surface area contributed by atoms with Crippen molar-refractivity contribution in [2.24, 2.45) is 5.73 Å². The van der Waals surface area contributed by atoms with Crippen LogP contribution in [-0.2, 0) is 4.79 Å². The minimum Gasteiger partial charge on any atom is -0.366 e. The molecule has 3 aromatic rings. The average Bonchev–Trinajstić information content (AvgIpc) is 3.04. The highest BCUT2D eigenvalue weighted by molar-refractivity contribution is 6.00. The highest BCUT2D eigenvalue weighted by Crippen LogP contribution is 2.10. The number of amides is 3. The van der Waals surface area contributed by atoms with Crippen LogP contribution < -0.4 is 16.4 Å². The molecule has 0 saturated carbocycles. The Bertz CT molecular complexity index is 931. The average molecular weight is 337 g/mol. The summed E-state index contributed by atoms with van der Waals surface area (Å²) in [7, 11) is 0. The molecule has 0 atom stereocenters. The maximum Gasteiger partial charge on any atom is 0.272 e. The van der Waals surface area contributed by atoms with Gasteiger partial charge in [0.2, 0.25) is 11.8 Å². The molecular formula is C17H15N5O3. The van der Waals surface area contributed by atoms with Gasteiger partial charge in [0, 0.05) is 17.4 Å². The van der Waals surface area contributed by atoms with Gasteiger partial charge in [-0.1, -0.05) is 12.1 Å². The van der Waals surface area contributed by atoms with Crippen LogP contribution >= 0.6 is 0 Å². The summed E-state index contributed by atoms with van der Waals surface area (Å²) in [5.41, 5.74) is 6.89. The van der Waals surface area contributed by atoms with E-state index in [4.69, 9.17) is 5.73 Å². The molecule has 0 bridgehead atoms. The van der Waals surface area contributed by atoms with E-state index in [-0.39, 0.29) is 17.8 Å². The van der Waals surface area contributed by atoms with Gasteiger partial charge in [0.15, 0.2) is 5.69 Å². The third-order valence-corrected chi connectivity index (χ3v) is 3.44. The predicted molar refractivity (Wildman–Crippen MR) is 91.1 cm³/mol. The van der Waals surface area contributed by atoms with E-state index in [2.05, 4.69) is 15.7 Å².